The first kappa shape index (κ1) is 17.9. The number of benzene rings is 1. The minimum atomic E-state index is -4.00. The summed E-state index contributed by atoms with van der Waals surface area (Å²) >= 11 is 1.03. The van der Waals surface area contributed by atoms with Gasteiger partial charge in [-0.3, -0.25) is 4.79 Å². The van der Waals surface area contributed by atoms with Crippen LogP contribution in [0.15, 0.2) is 65.1 Å². The van der Waals surface area contributed by atoms with Gasteiger partial charge < -0.3 is 5.11 Å². The van der Waals surface area contributed by atoms with Gasteiger partial charge in [0, 0.05) is 18.3 Å². The summed E-state index contributed by atoms with van der Waals surface area (Å²) in [6.45, 7) is 1.75. The van der Waals surface area contributed by atoms with Crippen LogP contribution in [0.1, 0.15) is 18.4 Å². The van der Waals surface area contributed by atoms with Crippen LogP contribution in [0, 0.1) is 5.92 Å². The second-order valence-electron chi connectivity index (χ2n) is 6.50. The van der Waals surface area contributed by atoms with Crippen LogP contribution in [0.5, 0.6) is 0 Å². The van der Waals surface area contributed by atoms with Gasteiger partial charge in [-0.1, -0.05) is 37.3 Å². The van der Waals surface area contributed by atoms with Crippen molar-refractivity contribution in [2.75, 3.05) is 0 Å². The van der Waals surface area contributed by atoms with Crippen molar-refractivity contribution in [3.63, 3.8) is 0 Å². The van der Waals surface area contributed by atoms with Crippen LogP contribution < -0.4 is 4.72 Å². The molecule has 2 aromatic heterocycles. The molecule has 3 atom stereocenters. The predicted molar refractivity (Wildman–Crippen MR) is 100 cm³/mol. The molecule has 140 valence electrons. The number of nitrogens with one attached hydrogen (secondary N) is 1. The number of hydrogen-bond acceptors (Lipinski definition) is 5. The van der Waals surface area contributed by atoms with Crippen molar-refractivity contribution in [2.45, 2.75) is 22.6 Å². The third-order valence-corrected chi connectivity index (χ3v) is 8.03. The molecule has 1 fully saturated rings. The molecule has 1 aliphatic rings. The Bertz CT molecular complexity index is 1080. The van der Waals surface area contributed by atoms with Crippen LogP contribution in [0.25, 0.3) is 5.00 Å². The maximum absolute atomic E-state index is 12.9. The van der Waals surface area contributed by atoms with Crippen molar-refractivity contribution >= 4 is 27.3 Å². The summed E-state index contributed by atoms with van der Waals surface area (Å²) in [4.78, 5) is 12.0. The van der Waals surface area contributed by atoms with Crippen LogP contribution in [-0.2, 0) is 14.8 Å². The number of aliphatic carboxylic acids is 1. The molecule has 2 N–H and O–H groups in total. The topological polar surface area (TPSA) is 101 Å². The summed E-state index contributed by atoms with van der Waals surface area (Å²) in [6, 6.07) is 14.0. The second kappa shape index (κ2) is 6.29. The quantitative estimate of drug-likeness (QED) is 0.658. The number of carbonyl (C=O) groups is 1. The van der Waals surface area contributed by atoms with E-state index in [2.05, 4.69) is 9.82 Å². The number of hydrogen-bond donors (Lipinski definition) is 2. The molecule has 1 aliphatic carbocycles. The average Bonchev–Trinajstić information content (AvgIpc) is 3.11. The van der Waals surface area contributed by atoms with Crippen molar-refractivity contribution in [1.82, 2.24) is 14.5 Å². The van der Waals surface area contributed by atoms with Crippen molar-refractivity contribution in [3.8, 4) is 5.00 Å². The Morgan fingerprint density at radius 2 is 1.96 bits per heavy atom. The van der Waals surface area contributed by atoms with Gasteiger partial charge in [-0.15, -0.1) is 11.3 Å². The average molecular weight is 403 g/mol. The molecular weight excluding hydrogens is 386 g/mol. The van der Waals surface area contributed by atoms with Crippen LogP contribution in [0.2, 0.25) is 0 Å². The van der Waals surface area contributed by atoms with Gasteiger partial charge in [0.15, 0.2) is 0 Å². The monoisotopic (exact) mass is 403 g/mol. The Labute approximate surface area is 160 Å². The molecule has 1 saturated carbocycles. The number of aromatic nitrogens is 2. The lowest BCUT2D eigenvalue weighted by atomic mass is 10.1. The van der Waals surface area contributed by atoms with Gasteiger partial charge >= 0.3 is 5.97 Å². The first-order chi connectivity index (χ1) is 12.9. The number of carboxylic acid groups (broad SMARTS) is 1. The van der Waals surface area contributed by atoms with E-state index in [-0.39, 0.29) is 10.1 Å². The maximum atomic E-state index is 12.9. The number of carboxylic acids is 1. The van der Waals surface area contributed by atoms with Gasteiger partial charge in [0.1, 0.15) is 14.7 Å². The van der Waals surface area contributed by atoms with E-state index < -0.39 is 27.4 Å². The number of thiophene rings is 1. The molecule has 0 radical (unpaired) electrons. The summed E-state index contributed by atoms with van der Waals surface area (Å²) in [5.41, 5.74) is -0.741. The maximum Gasteiger partial charge on any atom is 0.325 e. The fourth-order valence-corrected chi connectivity index (χ4v) is 6.24. The summed E-state index contributed by atoms with van der Waals surface area (Å²) < 4.78 is 29.9. The summed E-state index contributed by atoms with van der Waals surface area (Å²) in [5.74, 6) is -1.95. The van der Waals surface area contributed by atoms with Crippen LogP contribution in [0.4, 0.5) is 0 Å². The van der Waals surface area contributed by atoms with Crippen LogP contribution in [-0.4, -0.2) is 34.8 Å². The molecule has 9 heteroatoms. The normalized spacial score (nSPS) is 24.6. The molecular formula is C18H17N3O4S2. The Morgan fingerprint density at radius 3 is 2.59 bits per heavy atom. The van der Waals surface area contributed by atoms with E-state index >= 15 is 0 Å². The fraction of sp³-hybridized carbons (Fsp3) is 0.222. The molecule has 1 aromatic carbocycles. The lowest BCUT2D eigenvalue weighted by molar-refractivity contribution is -0.140. The molecule has 7 nitrogen and oxygen atoms in total. The highest BCUT2D eigenvalue weighted by molar-refractivity contribution is 7.91. The van der Waals surface area contributed by atoms with Gasteiger partial charge in [0.05, 0.1) is 0 Å². The van der Waals surface area contributed by atoms with E-state index in [1.54, 1.807) is 36.1 Å². The van der Waals surface area contributed by atoms with E-state index in [0.29, 0.717) is 5.00 Å². The van der Waals surface area contributed by atoms with E-state index in [0.717, 1.165) is 16.9 Å². The zero-order chi connectivity index (χ0) is 19.2. The molecule has 0 aliphatic heterocycles. The largest absolute Gasteiger partial charge is 0.480 e. The Balaban J connectivity index is 1.66. The first-order valence-electron chi connectivity index (χ1n) is 8.28. The zero-order valence-electron chi connectivity index (χ0n) is 14.3. The number of nitrogens with zero attached hydrogens (tertiary/aromatic N) is 2. The van der Waals surface area contributed by atoms with Gasteiger partial charge in [-0.2, -0.15) is 9.82 Å². The summed E-state index contributed by atoms with van der Waals surface area (Å²) in [7, 11) is -4.00. The minimum absolute atomic E-state index is 0.0551. The lowest BCUT2D eigenvalue weighted by Gasteiger charge is -2.15. The van der Waals surface area contributed by atoms with Gasteiger partial charge in [0.25, 0.3) is 10.0 Å². The van der Waals surface area contributed by atoms with Crippen LogP contribution >= 0.6 is 11.3 Å². The minimum Gasteiger partial charge on any atom is -0.480 e. The number of sulfonamides is 1. The highest BCUT2D eigenvalue weighted by Gasteiger charge is 2.70. The molecule has 0 bridgehead atoms. The van der Waals surface area contributed by atoms with Gasteiger partial charge in [0.2, 0.25) is 0 Å². The Morgan fingerprint density at radius 1 is 1.22 bits per heavy atom. The van der Waals surface area contributed by atoms with Crippen molar-refractivity contribution in [1.29, 1.82) is 0 Å². The first-order valence-corrected chi connectivity index (χ1v) is 10.6. The van der Waals surface area contributed by atoms with Crippen LogP contribution in [0.3, 0.4) is 0 Å². The molecule has 3 aromatic rings. The van der Waals surface area contributed by atoms with E-state index in [1.165, 1.54) is 6.07 Å². The molecule has 1 unspecified atom stereocenters. The third kappa shape index (κ3) is 2.88. The van der Waals surface area contributed by atoms with E-state index in [9.17, 15) is 18.3 Å². The third-order valence-electron chi connectivity index (χ3n) is 4.98. The highest BCUT2D eigenvalue weighted by atomic mass is 32.2. The van der Waals surface area contributed by atoms with E-state index in [1.807, 2.05) is 30.3 Å². The SMILES string of the molecule is C[C@H]1C(c2ccccc2)[C@]1(NS(=O)(=O)c1ccc(-n2cccn2)s1)C(=O)O. The highest BCUT2D eigenvalue weighted by Crippen LogP contribution is 2.58. The molecule has 2 heterocycles. The summed E-state index contributed by atoms with van der Waals surface area (Å²) in [5, 5.41) is 14.5. The van der Waals surface area contributed by atoms with Gasteiger partial charge in [-0.25, -0.2) is 13.1 Å². The summed E-state index contributed by atoms with van der Waals surface area (Å²) in [6.07, 6.45) is 3.31. The second-order valence-corrected chi connectivity index (χ2v) is 9.47. The Kier molecular flexibility index (Phi) is 4.17. The van der Waals surface area contributed by atoms with E-state index in [4.69, 9.17) is 0 Å². The standard InChI is InChI=1S/C18H17N3O4S2/c1-12-16(13-6-3-2-4-7-13)18(12,17(22)23)20-27(24,25)15-9-8-14(26-15)21-11-5-10-19-21/h2-12,16,20H,1H3,(H,22,23)/t12-,16?,18-/m0/s1. The molecule has 0 amide bonds. The zero-order valence-corrected chi connectivity index (χ0v) is 15.9. The smallest absolute Gasteiger partial charge is 0.325 e. The number of rotatable bonds is 6. The lowest BCUT2D eigenvalue weighted by Crippen LogP contribution is -2.45. The fourth-order valence-electron chi connectivity index (χ4n) is 3.55. The van der Waals surface area contributed by atoms with Gasteiger partial charge in [-0.05, 0) is 29.7 Å². The predicted octanol–water partition coefficient (Wildman–Crippen LogP) is 2.47. The molecule has 0 spiro atoms. The van der Waals surface area contributed by atoms with Crippen molar-refractivity contribution in [3.05, 3.63) is 66.5 Å². The molecule has 0 saturated heterocycles. The van der Waals surface area contributed by atoms with Crippen molar-refractivity contribution < 1.29 is 18.3 Å². The molecule has 4 rings (SSSR count). The van der Waals surface area contributed by atoms with Crippen molar-refractivity contribution in [2.24, 2.45) is 5.92 Å². The Hall–Kier alpha value is -2.49. The molecule has 27 heavy (non-hydrogen) atoms.